The van der Waals surface area contributed by atoms with Crippen molar-refractivity contribution >= 4 is 11.9 Å². The van der Waals surface area contributed by atoms with Crippen LogP contribution in [0, 0.1) is 0 Å². The van der Waals surface area contributed by atoms with E-state index in [0.29, 0.717) is 19.3 Å². The second-order valence-corrected chi connectivity index (χ2v) is 15.1. The van der Waals surface area contributed by atoms with E-state index in [4.69, 9.17) is 4.74 Å². The van der Waals surface area contributed by atoms with Gasteiger partial charge in [0.05, 0.1) is 25.2 Å². The molecule has 3 atom stereocenters. The Balaban J connectivity index is 4.54. The number of ether oxygens (including phenoxy) is 1. The van der Waals surface area contributed by atoms with Crippen LogP contribution in [0.2, 0.25) is 0 Å². The Morgan fingerprint density at radius 2 is 1.02 bits per heavy atom. The van der Waals surface area contributed by atoms with Crippen LogP contribution in [0.1, 0.15) is 220 Å². The zero-order chi connectivity index (χ0) is 38.2. The summed E-state index contributed by atoms with van der Waals surface area (Å²) in [6, 6.07) is -0.706. The minimum atomic E-state index is -0.791. The number of nitrogens with one attached hydrogen (secondary N) is 1. The first kappa shape index (κ1) is 50.1. The van der Waals surface area contributed by atoms with Gasteiger partial charge in [-0.05, 0) is 70.6 Å². The molecule has 0 spiro atoms. The van der Waals surface area contributed by atoms with Crippen molar-refractivity contribution < 1.29 is 24.5 Å². The molecule has 0 heterocycles. The lowest BCUT2D eigenvalue weighted by molar-refractivity contribution is -0.151. The SMILES string of the molecule is CCC/C=C\CCCCCC(CC(=O)NC(CO)C(O)CCCCCCCCCCC)OC(=O)CCCCC/C=C/C=C/CCCCCCCCC. The van der Waals surface area contributed by atoms with Gasteiger partial charge in [-0.3, -0.25) is 9.59 Å². The first-order chi connectivity index (χ1) is 25.5. The van der Waals surface area contributed by atoms with Crippen molar-refractivity contribution in [3.8, 4) is 0 Å². The van der Waals surface area contributed by atoms with Gasteiger partial charge >= 0.3 is 5.97 Å². The molecule has 6 heteroatoms. The summed E-state index contributed by atoms with van der Waals surface area (Å²) in [5.74, 6) is -0.526. The molecular weight excluding hydrogens is 647 g/mol. The fourth-order valence-corrected chi connectivity index (χ4v) is 6.54. The van der Waals surface area contributed by atoms with E-state index in [0.717, 1.165) is 89.9 Å². The number of hydrogen-bond acceptors (Lipinski definition) is 5. The highest BCUT2D eigenvalue weighted by Gasteiger charge is 2.24. The number of unbranched alkanes of at least 4 members (excludes halogenated alkanes) is 22. The molecule has 0 radical (unpaired) electrons. The standard InChI is InChI=1S/C46H85NO5/c1-4-7-10-13-16-19-20-21-22-23-24-25-27-30-33-36-39-46(51)52-42(37-34-31-28-18-15-12-9-6-3)40-45(50)47-43(41-48)44(49)38-35-32-29-26-17-14-11-8-5-2/h12,15,22-25,42-44,48-49H,4-11,13-14,16-21,26-41H2,1-3H3,(H,47,50)/b15-12-,23-22+,25-24+. The van der Waals surface area contributed by atoms with E-state index < -0.39 is 18.2 Å². The normalized spacial score (nSPS) is 13.7. The highest BCUT2D eigenvalue weighted by atomic mass is 16.5. The molecule has 3 N–H and O–H groups in total. The van der Waals surface area contributed by atoms with Gasteiger partial charge in [0.25, 0.3) is 0 Å². The van der Waals surface area contributed by atoms with Gasteiger partial charge in [-0.15, -0.1) is 0 Å². The van der Waals surface area contributed by atoms with E-state index in [1.807, 2.05) is 0 Å². The third-order valence-electron chi connectivity index (χ3n) is 9.95. The monoisotopic (exact) mass is 732 g/mol. The maximum absolute atomic E-state index is 13.0. The van der Waals surface area contributed by atoms with Crippen LogP contribution in [0.5, 0.6) is 0 Å². The summed E-state index contributed by atoms with van der Waals surface area (Å²) < 4.78 is 5.85. The largest absolute Gasteiger partial charge is 0.462 e. The number of amides is 1. The van der Waals surface area contributed by atoms with Crippen molar-refractivity contribution in [3.63, 3.8) is 0 Å². The van der Waals surface area contributed by atoms with Gasteiger partial charge < -0.3 is 20.3 Å². The van der Waals surface area contributed by atoms with Crippen LogP contribution in [0.3, 0.4) is 0 Å². The first-order valence-corrected chi connectivity index (χ1v) is 22.2. The molecule has 0 aromatic rings. The van der Waals surface area contributed by atoms with Crippen LogP contribution in [0.15, 0.2) is 36.5 Å². The van der Waals surface area contributed by atoms with Gasteiger partial charge in [0, 0.05) is 6.42 Å². The Kier molecular flexibility index (Phi) is 38.8. The lowest BCUT2D eigenvalue weighted by atomic mass is 10.0. The van der Waals surface area contributed by atoms with Crippen molar-refractivity contribution in [1.29, 1.82) is 0 Å². The molecule has 0 aliphatic carbocycles. The molecule has 0 aliphatic rings. The van der Waals surface area contributed by atoms with Crippen molar-refractivity contribution in [2.45, 2.75) is 238 Å². The predicted octanol–water partition coefficient (Wildman–Crippen LogP) is 12.6. The fourth-order valence-electron chi connectivity index (χ4n) is 6.54. The number of aliphatic hydroxyl groups is 2. The van der Waals surface area contributed by atoms with Crippen LogP contribution < -0.4 is 5.32 Å². The van der Waals surface area contributed by atoms with Crippen molar-refractivity contribution in [2.24, 2.45) is 0 Å². The number of carbonyl (C=O) groups excluding carboxylic acids is 2. The van der Waals surface area contributed by atoms with Gasteiger partial charge in [0.15, 0.2) is 0 Å². The van der Waals surface area contributed by atoms with Crippen LogP contribution >= 0.6 is 0 Å². The van der Waals surface area contributed by atoms with E-state index in [1.165, 1.54) is 83.5 Å². The minimum Gasteiger partial charge on any atom is -0.462 e. The zero-order valence-corrected chi connectivity index (χ0v) is 34.4. The Labute approximate surface area is 322 Å². The molecule has 0 aliphatic heterocycles. The molecule has 0 rings (SSSR count). The van der Waals surface area contributed by atoms with Crippen molar-refractivity contribution in [1.82, 2.24) is 5.32 Å². The molecule has 0 aromatic heterocycles. The Bertz CT molecular complexity index is 869. The van der Waals surface area contributed by atoms with E-state index in [2.05, 4.69) is 62.5 Å². The lowest BCUT2D eigenvalue weighted by Crippen LogP contribution is -2.46. The predicted molar refractivity (Wildman–Crippen MR) is 222 cm³/mol. The molecule has 304 valence electrons. The molecule has 0 aromatic carbocycles. The summed E-state index contributed by atoms with van der Waals surface area (Å²) in [4.78, 5) is 25.8. The fraction of sp³-hybridized carbons (Fsp3) is 0.826. The molecule has 52 heavy (non-hydrogen) atoms. The number of aliphatic hydroxyl groups excluding tert-OH is 2. The Morgan fingerprint density at radius 1 is 0.558 bits per heavy atom. The maximum atomic E-state index is 13.0. The van der Waals surface area contributed by atoms with E-state index in [-0.39, 0.29) is 24.9 Å². The van der Waals surface area contributed by atoms with Crippen LogP contribution in [0.25, 0.3) is 0 Å². The second kappa shape index (κ2) is 40.3. The molecule has 0 bridgehead atoms. The summed E-state index contributed by atoms with van der Waals surface area (Å²) in [6.45, 7) is 6.36. The average Bonchev–Trinajstić information content (AvgIpc) is 3.13. The summed E-state index contributed by atoms with van der Waals surface area (Å²) >= 11 is 0. The number of esters is 1. The molecule has 0 saturated carbocycles. The van der Waals surface area contributed by atoms with Crippen LogP contribution in [-0.2, 0) is 14.3 Å². The summed E-state index contributed by atoms with van der Waals surface area (Å²) in [5.41, 5.74) is 0. The maximum Gasteiger partial charge on any atom is 0.306 e. The van der Waals surface area contributed by atoms with Gasteiger partial charge in [-0.25, -0.2) is 0 Å². The van der Waals surface area contributed by atoms with Crippen molar-refractivity contribution in [3.05, 3.63) is 36.5 Å². The molecule has 0 saturated heterocycles. The van der Waals surface area contributed by atoms with Crippen LogP contribution in [0.4, 0.5) is 0 Å². The summed E-state index contributed by atoms with van der Waals surface area (Å²) in [5, 5.41) is 23.5. The number of carbonyl (C=O) groups is 2. The second-order valence-electron chi connectivity index (χ2n) is 15.1. The number of hydrogen-bond donors (Lipinski definition) is 3. The molecule has 0 fully saturated rings. The van der Waals surface area contributed by atoms with Gasteiger partial charge in [0.1, 0.15) is 6.10 Å². The third-order valence-corrected chi connectivity index (χ3v) is 9.95. The Morgan fingerprint density at radius 3 is 1.58 bits per heavy atom. The number of rotatable bonds is 39. The van der Waals surface area contributed by atoms with Crippen LogP contribution in [-0.4, -0.2) is 46.9 Å². The first-order valence-electron chi connectivity index (χ1n) is 22.2. The Hall–Kier alpha value is -1.92. The molecule has 1 amide bonds. The average molecular weight is 732 g/mol. The van der Waals surface area contributed by atoms with Gasteiger partial charge in [-0.1, -0.05) is 173 Å². The zero-order valence-electron chi connectivity index (χ0n) is 34.4. The van der Waals surface area contributed by atoms with Gasteiger partial charge in [0.2, 0.25) is 5.91 Å². The molecular formula is C46H85NO5. The summed E-state index contributed by atoms with van der Waals surface area (Å²) in [7, 11) is 0. The van der Waals surface area contributed by atoms with E-state index in [1.54, 1.807) is 0 Å². The van der Waals surface area contributed by atoms with E-state index >= 15 is 0 Å². The third kappa shape index (κ3) is 35.1. The number of allylic oxidation sites excluding steroid dienone is 6. The molecule has 6 nitrogen and oxygen atoms in total. The minimum absolute atomic E-state index is 0.0562. The smallest absolute Gasteiger partial charge is 0.306 e. The van der Waals surface area contributed by atoms with Gasteiger partial charge in [-0.2, -0.15) is 0 Å². The quantitative estimate of drug-likeness (QED) is 0.0253. The topological polar surface area (TPSA) is 95.9 Å². The molecule has 3 unspecified atom stereocenters. The van der Waals surface area contributed by atoms with E-state index in [9.17, 15) is 19.8 Å². The lowest BCUT2D eigenvalue weighted by Gasteiger charge is -2.24. The van der Waals surface area contributed by atoms with Crippen molar-refractivity contribution in [2.75, 3.05) is 6.61 Å². The summed E-state index contributed by atoms with van der Waals surface area (Å²) in [6.07, 6.45) is 45.0. The highest BCUT2D eigenvalue weighted by Crippen LogP contribution is 2.16. The highest BCUT2D eigenvalue weighted by molar-refractivity contribution is 5.77.